The molecule has 0 bridgehead atoms. The Morgan fingerprint density at radius 2 is 1.14 bits per heavy atom. The van der Waals surface area contributed by atoms with Crippen LogP contribution in [0, 0.1) is 0 Å². The number of likely N-dealkylation sites (N-methyl/N-ethyl adjacent to an activating group) is 1. The first kappa shape index (κ1) is 37.0. The van der Waals surface area contributed by atoms with Crippen molar-refractivity contribution in [2.45, 2.75) is 130 Å². The maximum Gasteiger partial charge on any atom is 0.472 e. The molecule has 37 heavy (non-hydrogen) atoms. The van der Waals surface area contributed by atoms with Gasteiger partial charge in [-0.25, -0.2) is 4.57 Å². The highest BCUT2D eigenvalue weighted by atomic mass is 31.2. The molecule has 0 radical (unpaired) electrons. The number of hydrogen-bond donors (Lipinski definition) is 1. The Kier molecular flexibility index (Phi) is 25.0. The molecule has 0 saturated heterocycles. The molecule has 0 spiro atoms. The zero-order valence-electron chi connectivity index (χ0n) is 25.2. The molecule has 0 fully saturated rings. The first-order chi connectivity index (χ1) is 17.8. The van der Waals surface area contributed by atoms with Crippen molar-refractivity contribution in [2.75, 3.05) is 60.2 Å². The summed E-state index contributed by atoms with van der Waals surface area (Å²) < 4.78 is 34.2. The van der Waals surface area contributed by atoms with Crippen molar-refractivity contribution in [1.82, 2.24) is 0 Å². The molecule has 7 nitrogen and oxygen atoms in total. The Labute approximate surface area is 230 Å². The van der Waals surface area contributed by atoms with Gasteiger partial charge in [0.25, 0.3) is 0 Å². The predicted octanol–water partition coefficient (Wildman–Crippen LogP) is 7.90. The molecular weight excluding hydrogens is 489 g/mol. The van der Waals surface area contributed by atoms with Crippen LogP contribution in [0.3, 0.4) is 0 Å². The van der Waals surface area contributed by atoms with Crippen molar-refractivity contribution in [3.8, 4) is 0 Å². The smallest absolute Gasteiger partial charge is 0.379 e. The lowest BCUT2D eigenvalue weighted by Gasteiger charge is -2.32. The number of ether oxygens (including phenoxy) is 2. The first-order valence-corrected chi connectivity index (χ1v) is 16.9. The van der Waals surface area contributed by atoms with Crippen LogP contribution in [0.4, 0.5) is 0 Å². The van der Waals surface area contributed by atoms with Gasteiger partial charge < -0.3 is 18.9 Å². The summed E-state index contributed by atoms with van der Waals surface area (Å²) in [5, 5.41) is 0. The summed E-state index contributed by atoms with van der Waals surface area (Å²) >= 11 is 0. The van der Waals surface area contributed by atoms with Gasteiger partial charge in [0.2, 0.25) is 0 Å². The zero-order chi connectivity index (χ0) is 27.7. The molecule has 0 rings (SSSR count). The van der Waals surface area contributed by atoms with Crippen LogP contribution in [0.15, 0.2) is 0 Å². The number of unbranched alkanes of at least 4 members (excludes halogenated alkanes) is 15. The van der Waals surface area contributed by atoms with Crippen molar-refractivity contribution in [3.63, 3.8) is 0 Å². The standard InChI is InChI=1S/C29H62NO6P/c1-6-9-10-11-12-13-14-15-16-17-18-19-20-21-22-23-25-34-27-29(33-5)28-36-37(31,32)35-26-24-30(4,7-2)8-3/h29H,6-28H2,1-5H3/p+1/t29-/m1/s1. The number of phosphoric acid groups is 1. The van der Waals surface area contributed by atoms with E-state index in [2.05, 4.69) is 27.8 Å². The van der Waals surface area contributed by atoms with E-state index in [9.17, 15) is 9.46 Å². The van der Waals surface area contributed by atoms with E-state index in [1.165, 1.54) is 96.3 Å². The van der Waals surface area contributed by atoms with Gasteiger partial charge in [0.05, 0.1) is 33.4 Å². The van der Waals surface area contributed by atoms with E-state index in [1.54, 1.807) is 7.11 Å². The molecule has 0 amide bonds. The third-order valence-electron chi connectivity index (χ3n) is 7.62. The van der Waals surface area contributed by atoms with Crippen LogP contribution in [-0.4, -0.2) is 75.7 Å². The quantitative estimate of drug-likeness (QED) is 0.0578. The van der Waals surface area contributed by atoms with Crippen molar-refractivity contribution in [2.24, 2.45) is 0 Å². The van der Waals surface area contributed by atoms with E-state index >= 15 is 0 Å². The Morgan fingerprint density at radius 3 is 1.57 bits per heavy atom. The van der Waals surface area contributed by atoms with Crippen LogP contribution in [0.25, 0.3) is 0 Å². The molecule has 0 aromatic rings. The second kappa shape index (κ2) is 25.0. The molecule has 0 aliphatic carbocycles. The third-order valence-corrected chi connectivity index (χ3v) is 8.60. The van der Waals surface area contributed by atoms with E-state index in [-0.39, 0.29) is 13.2 Å². The normalized spacial score (nSPS) is 14.6. The van der Waals surface area contributed by atoms with Crippen molar-refractivity contribution >= 4 is 7.82 Å². The second-order valence-corrected chi connectivity index (χ2v) is 12.3. The summed E-state index contributed by atoms with van der Waals surface area (Å²) in [5.41, 5.74) is 0. The third kappa shape index (κ3) is 23.6. The van der Waals surface area contributed by atoms with Gasteiger partial charge in [-0.2, -0.15) is 0 Å². The Bertz CT molecular complexity index is 533. The van der Waals surface area contributed by atoms with E-state index < -0.39 is 13.9 Å². The fourth-order valence-corrected chi connectivity index (χ4v) is 5.02. The maximum atomic E-state index is 12.1. The van der Waals surface area contributed by atoms with Gasteiger partial charge in [0.15, 0.2) is 0 Å². The lowest BCUT2D eigenvalue weighted by molar-refractivity contribution is -0.906. The summed E-state index contributed by atoms with van der Waals surface area (Å²) in [6, 6.07) is 0. The van der Waals surface area contributed by atoms with Gasteiger partial charge in [-0.3, -0.25) is 9.05 Å². The molecule has 0 saturated carbocycles. The van der Waals surface area contributed by atoms with E-state index in [4.69, 9.17) is 18.5 Å². The van der Waals surface area contributed by atoms with Gasteiger partial charge in [-0.05, 0) is 20.3 Å². The van der Waals surface area contributed by atoms with Gasteiger partial charge in [-0.15, -0.1) is 0 Å². The van der Waals surface area contributed by atoms with Crippen molar-refractivity contribution < 1.29 is 32.5 Å². The second-order valence-electron chi connectivity index (χ2n) is 10.8. The van der Waals surface area contributed by atoms with Crippen LogP contribution < -0.4 is 0 Å². The van der Waals surface area contributed by atoms with Gasteiger partial charge in [0.1, 0.15) is 19.3 Å². The minimum atomic E-state index is -4.09. The fraction of sp³-hybridized carbons (Fsp3) is 1.00. The summed E-state index contributed by atoms with van der Waals surface area (Å²) in [6.07, 6.45) is 21.2. The van der Waals surface area contributed by atoms with Crippen molar-refractivity contribution in [1.29, 1.82) is 0 Å². The van der Waals surface area contributed by atoms with E-state index in [0.717, 1.165) is 24.0 Å². The molecule has 0 aliphatic rings. The molecular formula is C29H63NO6P+. The molecule has 0 aromatic carbocycles. The van der Waals surface area contributed by atoms with Gasteiger partial charge in [-0.1, -0.05) is 103 Å². The average Bonchev–Trinajstić information content (AvgIpc) is 2.89. The van der Waals surface area contributed by atoms with Crippen LogP contribution >= 0.6 is 7.82 Å². The predicted molar refractivity (Wildman–Crippen MR) is 155 cm³/mol. The molecule has 224 valence electrons. The summed E-state index contributed by atoms with van der Waals surface area (Å²) in [4.78, 5) is 9.94. The molecule has 0 aliphatic heterocycles. The van der Waals surface area contributed by atoms with Crippen LogP contribution in [0.5, 0.6) is 0 Å². The molecule has 8 heteroatoms. The van der Waals surface area contributed by atoms with E-state index in [0.29, 0.717) is 19.8 Å². The van der Waals surface area contributed by atoms with Crippen molar-refractivity contribution in [3.05, 3.63) is 0 Å². The SMILES string of the molecule is CCCCCCCCCCCCCCCCCCOC[C@H](COP(=O)(O)OCC[N+](C)(CC)CC)OC. The number of phosphoric ester groups is 1. The Hall–Kier alpha value is -0.0100. The van der Waals surface area contributed by atoms with Gasteiger partial charge in [0, 0.05) is 13.7 Å². The number of quaternary nitrogens is 1. The van der Waals surface area contributed by atoms with Gasteiger partial charge >= 0.3 is 7.82 Å². The zero-order valence-corrected chi connectivity index (χ0v) is 26.1. The lowest BCUT2D eigenvalue weighted by atomic mass is 10.0. The number of hydrogen-bond acceptors (Lipinski definition) is 5. The lowest BCUT2D eigenvalue weighted by Crippen LogP contribution is -2.45. The summed E-state index contributed by atoms with van der Waals surface area (Å²) in [5.74, 6) is 0. The maximum absolute atomic E-state index is 12.1. The number of rotatable bonds is 29. The largest absolute Gasteiger partial charge is 0.472 e. The fourth-order valence-electron chi connectivity index (χ4n) is 4.28. The topological polar surface area (TPSA) is 74.2 Å². The highest BCUT2D eigenvalue weighted by molar-refractivity contribution is 7.47. The Balaban J connectivity index is 3.58. The molecule has 0 aromatic heterocycles. The minimum absolute atomic E-state index is 0.0308. The molecule has 1 N–H and O–H groups in total. The molecule has 2 atom stereocenters. The number of nitrogens with zero attached hydrogens (tertiary/aromatic N) is 1. The molecule has 1 unspecified atom stereocenters. The average molecular weight is 553 g/mol. The molecule has 0 heterocycles. The van der Waals surface area contributed by atoms with Crippen LogP contribution in [-0.2, 0) is 23.1 Å². The summed E-state index contributed by atoms with van der Waals surface area (Å²) in [7, 11) is -0.433. The van der Waals surface area contributed by atoms with Crippen LogP contribution in [0.2, 0.25) is 0 Å². The highest BCUT2D eigenvalue weighted by Gasteiger charge is 2.25. The highest BCUT2D eigenvalue weighted by Crippen LogP contribution is 2.43. The number of methoxy groups -OCH3 is 1. The summed E-state index contributed by atoms with van der Waals surface area (Å²) in [6.45, 7) is 10.2. The van der Waals surface area contributed by atoms with Crippen LogP contribution in [0.1, 0.15) is 124 Å². The first-order valence-electron chi connectivity index (χ1n) is 15.4. The Morgan fingerprint density at radius 1 is 0.676 bits per heavy atom. The van der Waals surface area contributed by atoms with E-state index in [1.807, 2.05) is 0 Å². The minimum Gasteiger partial charge on any atom is -0.379 e. The monoisotopic (exact) mass is 552 g/mol.